The Balaban J connectivity index is 2.24. The highest BCUT2D eigenvalue weighted by atomic mass is 16.4. The second kappa shape index (κ2) is 5.19. The summed E-state index contributed by atoms with van der Waals surface area (Å²) in [5.74, 6) is 0. The van der Waals surface area contributed by atoms with Gasteiger partial charge in [0.25, 0.3) is 0 Å². The van der Waals surface area contributed by atoms with Gasteiger partial charge in [-0.05, 0) is 51.3 Å². The van der Waals surface area contributed by atoms with Gasteiger partial charge in [0.05, 0.1) is 6.26 Å². The smallest absolute Gasteiger partial charge is 0.407 e. The summed E-state index contributed by atoms with van der Waals surface area (Å²) in [5, 5.41) is 10.4. The lowest BCUT2D eigenvalue weighted by molar-refractivity contribution is 0.101. The predicted molar refractivity (Wildman–Crippen MR) is 79.1 cm³/mol. The van der Waals surface area contributed by atoms with Crippen LogP contribution in [0.15, 0.2) is 28.9 Å². The van der Waals surface area contributed by atoms with Gasteiger partial charge in [0.15, 0.2) is 0 Å². The monoisotopic (exact) mass is 275 g/mol. The molecule has 4 heteroatoms. The fourth-order valence-electron chi connectivity index (χ4n) is 2.49. The molecule has 0 bridgehead atoms. The zero-order valence-corrected chi connectivity index (χ0v) is 12.4. The second-order valence-corrected chi connectivity index (χ2v) is 6.06. The molecule has 4 nitrogen and oxygen atoms in total. The van der Waals surface area contributed by atoms with E-state index >= 15 is 0 Å². The molecule has 1 amide bonds. The second-order valence-electron chi connectivity index (χ2n) is 6.06. The molecule has 0 saturated carbocycles. The van der Waals surface area contributed by atoms with Crippen molar-refractivity contribution in [3.63, 3.8) is 0 Å². The maximum Gasteiger partial charge on any atom is 0.407 e. The summed E-state index contributed by atoms with van der Waals surface area (Å²) in [6, 6.07) is 5.92. The van der Waals surface area contributed by atoms with Crippen molar-refractivity contribution in [2.75, 3.05) is 6.54 Å². The van der Waals surface area contributed by atoms with Crippen LogP contribution >= 0.6 is 0 Å². The number of nitrogens with zero attached hydrogens (tertiary/aromatic N) is 1. The Bertz CT molecular complexity index is 622. The van der Waals surface area contributed by atoms with Gasteiger partial charge < -0.3 is 14.4 Å². The number of hydrogen-bond donors (Lipinski definition) is 1. The topological polar surface area (TPSA) is 53.7 Å². The summed E-state index contributed by atoms with van der Waals surface area (Å²) in [6.45, 7) is 8.21. The molecule has 108 valence electrons. The van der Waals surface area contributed by atoms with Crippen LogP contribution in [0.3, 0.4) is 0 Å². The van der Waals surface area contributed by atoms with Crippen LogP contribution in [0.5, 0.6) is 0 Å². The molecular weight excluding hydrogens is 254 g/mol. The lowest BCUT2D eigenvalue weighted by Crippen LogP contribution is -2.45. The Labute approximate surface area is 119 Å². The van der Waals surface area contributed by atoms with Gasteiger partial charge in [-0.1, -0.05) is 12.1 Å². The van der Waals surface area contributed by atoms with E-state index in [1.54, 1.807) is 6.26 Å². The molecule has 2 aromatic rings. The molecule has 0 fully saturated rings. The Kier molecular flexibility index (Phi) is 3.75. The molecule has 0 aliphatic rings. The fraction of sp³-hybridized carbons (Fsp3) is 0.438. The van der Waals surface area contributed by atoms with Crippen molar-refractivity contribution in [2.45, 2.75) is 39.7 Å². The Hall–Kier alpha value is -1.97. The highest BCUT2D eigenvalue weighted by Crippen LogP contribution is 2.25. The van der Waals surface area contributed by atoms with Gasteiger partial charge in [0, 0.05) is 17.5 Å². The van der Waals surface area contributed by atoms with Gasteiger partial charge in [0.2, 0.25) is 0 Å². The van der Waals surface area contributed by atoms with E-state index in [2.05, 4.69) is 0 Å². The van der Waals surface area contributed by atoms with Crippen LogP contribution in [-0.2, 0) is 6.42 Å². The van der Waals surface area contributed by atoms with Gasteiger partial charge in [-0.25, -0.2) is 4.79 Å². The molecule has 20 heavy (non-hydrogen) atoms. The number of benzene rings is 1. The molecule has 0 aliphatic heterocycles. The fourth-order valence-corrected chi connectivity index (χ4v) is 2.49. The lowest BCUT2D eigenvalue weighted by atomic mass is 10.0. The Morgan fingerprint density at radius 2 is 2.05 bits per heavy atom. The van der Waals surface area contributed by atoms with Crippen LogP contribution in [0, 0.1) is 6.92 Å². The number of hydrogen-bond acceptors (Lipinski definition) is 2. The zero-order chi connectivity index (χ0) is 14.9. The molecule has 1 heterocycles. The van der Waals surface area contributed by atoms with Gasteiger partial charge >= 0.3 is 6.09 Å². The van der Waals surface area contributed by atoms with E-state index in [-0.39, 0.29) is 0 Å². The number of fused-ring (bicyclic) bond motifs is 1. The van der Waals surface area contributed by atoms with Gasteiger partial charge in [-0.3, -0.25) is 0 Å². The first-order chi connectivity index (χ1) is 9.30. The third-order valence-corrected chi connectivity index (χ3v) is 3.51. The summed E-state index contributed by atoms with van der Waals surface area (Å²) in [5.41, 5.74) is 2.68. The van der Waals surface area contributed by atoms with Crippen molar-refractivity contribution >= 4 is 17.1 Å². The van der Waals surface area contributed by atoms with Crippen molar-refractivity contribution in [1.82, 2.24) is 4.90 Å². The molecule has 0 radical (unpaired) electrons. The molecule has 0 saturated heterocycles. The highest BCUT2D eigenvalue weighted by molar-refractivity contribution is 5.84. The molecule has 0 aliphatic carbocycles. The number of furan rings is 1. The maximum absolute atomic E-state index is 11.4. The first kappa shape index (κ1) is 14.4. The molecular formula is C16H21NO3. The van der Waals surface area contributed by atoms with E-state index in [9.17, 15) is 9.90 Å². The van der Waals surface area contributed by atoms with E-state index in [0.29, 0.717) is 13.0 Å². The number of carboxylic acid groups (broad SMARTS) is 1. The molecule has 1 aromatic carbocycles. The van der Waals surface area contributed by atoms with Crippen LogP contribution < -0.4 is 0 Å². The van der Waals surface area contributed by atoms with Crippen LogP contribution in [-0.4, -0.2) is 28.2 Å². The summed E-state index contributed by atoms with van der Waals surface area (Å²) in [7, 11) is 0. The quantitative estimate of drug-likeness (QED) is 0.919. The van der Waals surface area contributed by atoms with E-state index < -0.39 is 11.6 Å². The van der Waals surface area contributed by atoms with E-state index in [4.69, 9.17) is 4.42 Å². The number of aryl methyl sites for hydroxylation is 1. The first-order valence-corrected chi connectivity index (χ1v) is 6.77. The van der Waals surface area contributed by atoms with Crippen molar-refractivity contribution in [3.05, 3.63) is 35.6 Å². The average Bonchev–Trinajstić information content (AvgIpc) is 2.70. The van der Waals surface area contributed by atoms with Gasteiger partial charge in [-0.2, -0.15) is 0 Å². The van der Waals surface area contributed by atoms with E-state index in [0.717, 1.165) is 22.1 Å². The molecule has 1 N–H and O–H groups in total. The van der Waals surface area contributed by atoms with Gasteiger partial charge in [-0.15, -0.1) is 0 Å². The summed E-state index contributed by atoms with van der Waals surface area (Å²) < 4.78 is 5.48. The van der Waals surface area contributed by atoms with Crippen LogP contribution in [0.25, 0.3) is 11.0 Å². The van der Waals surface area contributed by atoms with E-state index in [1.165, 1.54) is 4.90 Å². The lowest BCUT2D eigenvalue weighted by Gasteiger charge is -2.33. The molecule has 1 aromatic heterocycles. The van der Waals surface area contributed by atoms with Crippen molar-refractivity contribution in [3.8, 4) is 0 Å². The minimum Gasteiger partial charge on any atom is -0.465 e. The maximum atomic E-state index is 11.4. The van der Waals surface area contributed by atoms with Crippen molar-refractivity contribution in [2.24, 2.45) is 0 Å². The number of rotatable bonds is 3. The minimum atomic E-state index is -0.881. The largest absolute Gasteiger partial charge is 0.465 e. The standard InChI is InChI=1S/C16H21NO3/c1-11-10-20-13-7-5-6-12(14(11)13)8-9-17(15(18)19)16(2,3)4/h5-7,10H,8-9H2,1-4H3,(H,18,19). The predicted octanol–water partition coefficient (Wildman–Crippen LogP) is 4.06. The minimum absolute atomic E-state index is 0.398. The highest BCUT2D eigenvalue weighted by Gasteiger charge is 2.25. The zero-order valence-electron chi connectivity index (χ0n) is 12.4. The number of carbonyl (C=O) groups is 1. The molecule has 0 atom stereocenters. The SMILES string of the molecule is Cc1coc2cccc(CCN(C(=O)O)C(C)(C)C)c12. The summed E-state index contributed by atoms with van der Waals surface area (Å²) in [6.07, 6.45) is 1.54. The number of amides is 1. The van der Waals surface area contributed by atoms with E-state index in [1.807, 2.05) is 45.9 Å². The molecule has 0 unspecified atom stereocenters. The van der Waals surface area contributed by atoms with Crippen LogP contribution in [0.4, 0.5) is 4.79 Å². The van der Waals surface area contributed by atoms with Crippen LogP contribution in [0.2, 0.25) is 0 Å². The normalized spacial score (nSPS) is 11.8. The summed E-state index contributed by atoms with van der Waals surface area (Å²) >= 11 is 0. The molecule has 0 spiro atoms. The molecule has 2 rings (SSSR count). The first-order valence-electron chi connectivity index (χ1n) is 6.77. The third kappa shape index (κ3) is 2.79. The third-order valence-electron chi connectivity index (χ3n) is 3.51. The summed E-state index contributed by atoms with van der Waals surface area (Å²) in [4.78, 5) is 12.8. The van der Waals surface area contributed by atoms with Crippen molar-refractivity contribution in [1.29, 1.82) is 0 Å². The van der Waals surface area contributed by atoms with Crippen molar-refractivity contribution < 1.29 is 14.3 Å². The van der Waals surface area contributed by atoms with Crippen LogP contribution in [0.1, 0.15) is 31.9 Å². The Morgan fingerprint density at radius 3 is 2.65 bits per heavy atom. The average molecular weight is 275 g/mol. The van der Waals surface area contributed by atoms with Gasteiger partial charge in [0.1, 0.15) is 5.58 Å². The Morgan fingerprint density at radius 1 is 1.35 bits per heavy atom.